The summed E-state index contributed by atoms with van der Waals surface area (Å²) >= 11 is 0. The second-order valence-corrected chi connectivity index (χ2v) is 5.05. The van der Waals surface area contributed by atoms with Gasteiger partial charge < -0.3 is 9.97 Å². The topological polar surface area (TPSA) is 65.7 Å². The average Bonchev–Trinajstić information content (AvgIpc) is 2.47. The van der Waals surface area contributed by atoms with Crippen LogP contribution < -0.4 is 10.9 Å². The van der Waals surface area contributed by atoms with Crippen molar-refractivity contribution in [3.63, 3.8) is 0 Å². The van der Waals surface area contributed by atoms with Crippen LogP contribution in [0.25, 0.3) is 22.2 Å². The molecule has 0 atom stereocenters. The fourth-order valence-electron chi connectivity index (χ4n) is 2.97. The van der Waals surface area contributed by atoms with Crippen LogP contribution in [0, 0.1) is 0 Å². The number of pyridine rings is 2. The Bertz CT molecular complexity index is 951. The molecule has 1 aliphatic rings. The van der Waals surface area contributed by atoms with E-state index >= 15 is 0 Å². The van der Waals surface area contributed by atoms with E-state index in [-0.39, 0.29) is 10.9 Å². The molecule has 0 saturated carbocycles. The standard InChI is InChI=1S/C16H12N2O2/c19-13-7-8-17-12-6-5-10-15(14(12)13)18-11-4-2-1-3-9(11)16(10)20/h1-4,7-8H,5-6H2,(H,17,19)(H,18,20). The number of aryl methyl sites for hydroxylation is 1. The van der Waals surface area contributed by atoms with Gasteiger partial charge in [0.25, 0.3) is 0 Å². The maximum Gasteiger partial charge on any atom is 0.193 e. The number of fused-ring (bicyclic) bond motifs is 4. The Morgan fingerprint density at radius 3 is 2.75 bits per heavy atom. The zero-order valence-corrected chi connectivity index (χ0v) is 10.7. The lowest BCUT2D eigenvalue weighted by atomic mass is 9.91. The van der Waals surface area contributed by atoms with Crippen LogP contribution in [-0.2, 0) is 12.8 Å². The molecule has 0 aliphatic heterocycles. The number of hydrogen-bond donors (Lipinski definition) is 2. The average molecular weight is 264 g/mol. The first-order valence-corrected chi connectivity index (χ1v) is 6.60. The van der Waals surface area contributed by atoms with Crippen LogP contribution in [0.5, 0.6) is 0 Å². The second kappa shape index (κ2) is 3.93. The highest BCUT2D eigenvalue weighted by molar-refractivity contribution is 5.84. The lowest BCUT2D eigenvalue weighted by Crippen LogP contribution is -2.22. The molecule has 20 heavy (non-hydrogen) atoms. The number of aromatic amines is 2. The van der Waals surface area contributed by atoms with Gasteiger partial charge in [0.2, 0.25) is 0 Å². The molecule has 4 nitrogen and oxygen atoms in total. The third kappa shape index (κ3) is 1.42. The Labute approximate surface area is 114 Å². The number of para-hydroxylation sites is 1. The Kier molecular flexibility index (Phi) is 2.21. The summed E-state index contributed by atoms with van der Waals surface area (Å²) < 4.78 is 0. The summed E-state index contributed by atoms with van der Waals surface area (Å²) in [6.07, 6.45) is 3.01. The smallest absolute Gasteiger partial charge is 0.193 e. The van der Waals surface area contributed by atoms with Gasteiger partial charge in [-0.3, -0.25) is 9.59 Å². The number of hydrogen-bond acceptors (Lipinski definition) is 2. The van der Waals surface area contributed by atoms with Crippen molar-refractivity contribution in [1.29, 1.82) is 0 Å². The summed E-state index contributed by atoms with van der Waals surface area (Å²) in [4.78, 5) is 31.1. The molecule has 1 aromatic carbocycles. The molecule has 4 rings (SSSR count). The van der Waals surface area contributed by atoms with Crippen LogP contribution in [0.3, 0.4) is 0 Å². The van der Waals surface area contributed by atoms with Gasteiger partial charge in [-0.2, -0.15) is 0 Å². The highest BCUT2D eigenvalue weighted by Crippen LogP contribution is 2.27. The Morgan fingerprint density at radius 2 is 1.85 bits per heavy atom. The van der Waals surface area contributed by atoms with Crippen LogP contribution in [0.2, 0.25) is 0 Å². The summed E-state index contributed by atoms with van der Waals surface area (Å²) in [6, 6.07) is 8.92. The van der Waals surface area contributed by atoms with Crippen molar-refractivity contribution in [2.24, 2.45) is 0 Å². The van der Waals surface area contributed by atoms with Crippen molar-refractivity contribution < 1.29 is 0 Å². The molecule has 98 valence electrons. The van der Waals surface area contributed by atoms with E-state index in [9.17, 15) is 9.59 Å². The molecule has 2 N–H and O–H groups in total. The number of nitrogens with one attached hydrogen (secondary N) is 2. The molecular formula is C16H12N2O2. The zero-order chi connectivity index (χ0) is 13.7. The molecule has 0 amide bonds. The number of rotatable bonds is 0. The highest BCUT2D eigenvalue weighted by atomic mass is 16.1. The molecule has 0 radical (unpaired) electrons. The molecule has 0 unspecified atom stereocenters. The summed E-state index contributed by atoms with van der Waals surface area (Å²) in [6.45, 7) is 0. The number of H-pyrrole nitrogens is 2. The van der Waals surface area contributed by atoms with Crippen LogP contribution in [0.1, 0.15) is 11.3 Å². The first-order valence-electron chi connectivity index (χ1n) is 6.60. The molecule has 0 saturated heterocycles. The fourth-order valence-corrected chi connectivity index (χ4v) is 2.97. The number of benzene rings is 1. The first kappa shape index (κ1) is 11.2. The van der Waals surface area contributed by atoms with E-state index in [2.05, 4.69) is 9.97 Å². The maximum atomic E-state index is 12.6. The third-order valence-electron chi connectivity index (χ3n) is 3.92. The lowest BCUT2D eigenvalue weighted by Gasteiger charge is -2.18. The molecular weight excluding hydrogens is 252 g/mol. The molecule has 1 aliphatic carbocycles. The molecule has 0 fully saturated rings. The lowest BCUT2D eigenvalue weighted by molar-refractivity contribution is 0.879. The number of aromatic nitrogens is 2. The third-order valence-corrected chi connectivity index (χ3v) is 3.92. The largest absolute Gasteiger partial charge is 0.364 e. The fraction of sp³-hybridized carbons (Fsp3) is 0.125. The minimum atomic E-state index is -0.0503. The molecule has 4 heteroatoms. The minimum absolute atomic E-state index is 0.0308. The van der Waals surface area contributed by atoms with Gasteiger partial charge in [0.1, 0.15) is 0 Å². The van der Waals surface area contributed by atoms with Gasteiger partial charge in [-0.15, -0.1) is 0 Å². The minimum Gasteiger partial charge on any atom is -0.364 e. The Morgan fingerprint density at radius 1 is 1.00 bits per heavy atom. The Hall–Kier alpha value is -2.62. The van der Waals surface area contributed by atoms with Gasteiger partial charge in [-0.25, -0.2) is 0 Å². The van der Waals surface area contributed by atoms with E-state index in [4.69, 9.17) is 0 Å². The normalized spacial score (nSPS) is 13.0. The van der Waals surface area contributed by atoms with Crippen molar-refractivity contribution in [2.75, 3.05) is 0 Å². The van der Waals surface area contributed by atoms with Crippen molar-refractivity contribution in [1.82, 2.24) is 9.97 Å². The van der Waals surface area contributed by atoms with Gasteiger partial charge in [0.05, 0.1) is 11.3 Å². The van der Waals surface area contributed by atoms with Crippen molar-refractivity contribution >= 4 is 10.9 Å². The van der Waals surface area contributed by atoms with Crippen LogP contribution in [-0.4, -0.2) is 9.97 Å². The monoisotopic (exact) mass is 264 g/mol. The van der Waals surface area contributed by atoms with E-state index in [1.54, 1.807) is 6.20 Å². The molecule has 0 spiro atoms. The molecule has 0 bridgehead atoms. The molecule has 2 heterocycles. The summed E-state index contributed by atoms with van der Waals surface area (Å²) in [5, 5.41) is 0.682. The van der Waals surface area contributed by atoms with Crippen molar-refractivity contribution in [3.05, 3.63) is 68.2 Å². The van der Waals surface area contributed by atoms with E-state index in [1.807, 2.05) is 24.3 Å². The predicted octanol–water partition coefficient (Wildman–Crippen LogP) is 1.98. The van der Waals surface area contributed by atoms with Crippen molar-refractivity contribution in [3.8, 4) is 11.3 Å². The summed E-state index contributed by atoms with van der Waals surface area (Å²) in [7, 11) is 0. The van der Waals surface area contributed by atoms with Gasteiger partial charge >= 0.3 is 0 Å². The molecule has 3 aromatic rings. The SMILES string of the molecule is O=c1cc[nH]c2c1-c1[nH]c3ccccc3c(=O)c1CC2. The Balaban J connectivity index is 2.19. The van der Waals surface area contributed by atoms with Gasteiger partial charge in [-0.05, 0) is 25.0 Å². The predicted molar refractivity (Wildman–Crippen MR) is 78.0 cm³/mol. The van der Waals surface area contributed by atoms with E-state index in [0.717, 1.165) is 11.2 Å². The molecule has 2 aromatic heterocycles. The van der Waals surface area contributed by atoms with Crippen LogP contribution >= 0.6 is 0 Å². The maximum absolute atomic E-state index is 12.6. The van der Waals surface area contributed by atoms with E-state index in [1.165, 1.54) is 6.07 Å². The van der Waals surface area contributed by atoms with Gasteiger partial charge in [0, 0.05) is 34.4 Å². The zero-order valence-electron chi connectivity index (χ0n) is 10.7. The van der Waals surface area contributed by atoms with Crippen molar-refractivity contribution in [2.45, 2.75) is 12.8 Å². The van der Waals surface area contributed by atoms with Crippen LogP contribution in [0.4, 0.5) is 0 Å². The highest BCUT2D eigenvalue weighted by Gasteiger charge is 2.22. The van der Waals surface area contributed by atoms with Gasteiger partial charge in [-0.1, -0.05) is 12.1 Å². The quantitative estimate of drug-likeness (QED) is 0.652. The second-order valence-electron chi connectivity index (χ2n) is 5.05. The first-order chi connectivity index (χ1) is 9.75. The van der Waals surface area contributed by atoms with Crippen LogP contribution in [0.15, 0.2) is 46.1 Å². The van der Waals surface area contributed by atoms with Gasteiger partial charge in [0.15, 0.2) is 10.9 Å². The van der Waals surface area contributed by atoms with E-state index in [0.29, 0.717) is 35.0 Å². The summed E-state index contributed by atoms with van der Waals surface area (Å²) in [5.74, 6) is 0. The summed E-state index contributed by atoms with van der Waals surface area (Å²) in [5.41, 5.74) is 3.65. The van der Waals surface area contributed by atoms with E-state index < -0.39 is 0 Å².